The first kappa shape index (κ1) is 23.0. The number of carbonyl (C=O) groups is 3. The van der Waals surface area contributed by atoms with E-state index >= 15 is 0 Å². The predicted molar refractivity (Wildman–Crippen MR) is 120 cm³/mol. The van der Waals surface area contributed by atoms with Crippen molar-refractivity contribution in [1.82, 2.24) is 4.90 Å². The van der Waals surface area contributed by atoms with Crippen LogP contribution in [0.15, 0.2) is 41.3 Å². The molecule has 31 heavy (non-hydrogen) atoms. The van der Waals surface area contributed by atoms with Crippen LogP contribution < -0.4 is 15.2 Å². The number of imide groups is 1. The highest BCUT2D eigenvalue weighted by molar-refractivity contribution is 8.18. The summed E-state index contributed by atoms with van der Waals surface area (Å²) in [4.78, 5) is 37.6. The summed E-state index contributed by atoms with van der Waals surface area (Å²) in [6, 6.07) is 9.92. The molecule has 0 saturated carbocycles. The van der Waals surface area contributed by atoms with Crippen molar-refractivity contribution in [2.24, 2.45) is 5.73 Å². The third-order valence-electron chi connectivity index (χ3n) is 4.19. The van der Waals surface area contributed by atoms with E-state index in [1.54, 1.807) is 49.4 Å². The smallest absolute Gasteiger partial charge is 0.293 e. The summed E-state index contributed by atoms with van der Waals surface area (Å²) in [7, 11) is 0. The van der Waals surface area contributed by atoms with Gasteiger partial charge in [0.25, 0.3) is 17.1 Å². The molecule has 7 nitrogen and oxygen atoms in total. The van der Waals surface area contributed by atoms with Crippen molar-refractivity contribution in [3.63, 3.8) is 0 Å². The van der Waals surface area contributed by atoms with Gasteiger partial charge in [0.1, 0.15) is 0 Å². The van der Waals surface area contributed by atoms with Gasteiger partial charge in [0.05, 0.1) is 18.1 Å². The fraction of sp³-hybridized carbons (Fsp3) is 0.190. The molecule has 1 saturated heterocycles. The first-order valence-corrected chi connectivity index (χ1v) is 10.7. The van der Waals surface area contributed by atoms with E-state index in [1.165, 1.54) is 0 Å². The summed E-state index contributed by atoms with van der Waals surface area (Å²) < 4.78 is 10.9. The number of thioether (sulfide) groups is 1. The molecule has 1 heterocycles. The Bertz CT molecular complexity index is 1050. The summed E-state index contributed by atoms with van der Waals surface area (Å²) >= 11 is 13.2. The molecule has 162 valence electrons. The van der Waals surface area contributed by atoms with E-state index in [0.29, 0.717) is 39.3 Å². The van der Waals surface area contributed by atoms with Gasteiger partial charge in [-0.3, -0.25) is 19.3 Å². The Labute approximate surface area is 193 Å². The van der Waals surface area contributed by atoms with Gasteiger partial charge in [0.2, 0.25) is 0 Å². The van der Waals surface area contributed by atoms with Crippen molar-refractivity contribution in [1.29, 1.82) is 0 Å². The number of hydrogen-bond donors (Lipinski definition) is 1. The maximum Gasteiger partial charge on any atom is 0.293 e. The number of benzene rings is 2. The molecule has 0 radical (unpaired) electrons. The first-order chi connectivity index (χ1) is 14.8. The SMILES string of the molecule is CCOc1cc(/C=C2\SC(=O)N(Cc3c(Cl)cccc3Cl)C2=O)ccc1OCC(N)=O. The van der Waals surface area contributed by atoms with Crippen molar-refractivity contribution >= 4 is 58.1 Å². The van der Waals surface area contributed by atoms with E-state index in [-0.39, 0.29) is 18.1 Å². The van der Waals surface area contributed by atoms with Crippen LogP contribution in [0.25, 0.3) is 6.08 Å². The van der Waals surface area contributed by atoms with E-state index in [4.69, 9.17) is 38.4 Å². The summed E-state index contributed by atoms with van der Waals surface area (Å²) in [5.74, 6) is -0.323. The topological polar surface area (TPSA) is 98.9 Å². The largest absolute Gasteiger partial charge is 0.490 e. The molecule has 0 aromatic heterocycles. The zero-order valence-electron chi connectivity index (χ0n) is 16.4. The second kappa shape index (κ2) is 10.1. The molecule has 0 aliphatic carbocycles. The molecule has 1 aliphatic rings. The minimum absolute atomic E-state index is 0.0232. The Morgan fingerprint density at radius 1 is 1.13 bits per heavy atom. The Balaban J connectivity index is 1.83. The number of rotatable bonds is 8. The molecule has 10 heteroatoms. The van der Waals surface area contributed by atoms with Crippen LogP contribution in [-0.2, 0) is 16.1 Å². The number of nitrogens with zero attached hydrogens (tertiary/aromatic N) is 1. The summed E-state index contributed by atoms with van der Waals surface area (Å²) in [5, 5.41) is 0.338. The summed E-state index contributed by atoms with van der Waals surface area (Å²) in [5.41, 5.74) is 6.24. The Kier molecular flexibility index (Phi) is 7.48. The molecule has 2 N–H and O–H groups in total. The monoisotopic (exact) mass is 480 g/mol. The van der Waals surface area contributed by atoms with Crippen LogP contribution in [0.5, 0.6) is 11.5 Å². The number of amides is 3. The average molecular weight is 481 g/mol. The Morgan fingerprint density at radius 3 is 2.48 bits per heavy atom. The van der Waals surface area contributed by atoms with Gasteiger partial charge in [-0.2, -0.15) is 0 Å². The van der Waals surface area contributed by atoms with Crippen LogP contribution in [0.3, 0.4) is 0 Å². The van der Waals surface area contributed by atoms with Crippen molar-refractivity contribution in [3.05, 3.63) is 62.5 Å². The third kappa shape index (κ3) is 5.52. The Hall–Kier alpha value is -2.68. The average Bonchev–Trinajstić information content (AvgIpc) is 2.97. The lowest BCUT2D eigenvalue weighted by atomic mass is 10.1. The molecule has 0 atom stereocenters. The van der Waals surface area contributed by atoms with E-state index < -0.39 is 17.1 Å². The lowest BCUT2D eigenvalue weighted by Crippen LogP contribution is -2.27. The second-order valence-corrected chi connectivity index (χ2v) is 8.17. The van der Waals surface area contributed by atoms with Crippen LogP contribution in [0.4, 0.5) is 4.79 Å². The number of nitrogens with two attached hydrogens (primary N) is 1. The van der Waals surface area contributed by atoms with Crippen molar-refractivity contribution in [2.45, 2.75) is 13.5 Å². The maximum atomic E-state index is 12.8. The van der Waals surface area contributed by atoms with Gasteiger partial charge in [-0.1, -0.05) is 35.3 Å². The Morgan fingerprint density at radius 2 is 1.84 bits per heavy atom. The zero-order valence-corrected chi connectivity index (χ0v) is 18.7. The molecule has 0 unspecified atom stereocenters. The normalized spacial score (nSPS) is 14.9. The van der Waals surface area contributed by atoms with E-state index in [0.717, 1.165) is 16.7 Å². The fourth-order valence-electron chi connectivity index (χ4n) is 2.78. The van der Waals surface area contributed by atoms with Crippen molar-refractivity contribution < 1.29 is 23.9 Å². The van der Waals surface area contributed by atoms with Gasteiger partial charge in [-0.05, 0) is 54.6 Å². The molecule has 0 spiro atoms. The predicted octanol–water partition coefficient (Wildman–Crippen LogP) is 4.49. The van der Waals surface area contributed by atoms with Crippen LogP contribution >= 0.6 is 35.0 Å². The molecule has 0 bridgehead atoms. The molecular formula is C21H18Cl2N2O5S. The lowest BCUT2D eigenvalue weighted by molar-refractivity contribution is -0.123. The van der Waals surface area contributed by atoms with Crippen LogP contribution in [0, 0.1) is 0 Å². The fourth-order valence-corrected chi connectivity index (χ4v) is 4.14. The third-order valence-corrected chi connectivity index (χ3v) is 5.80. The van der Waals surface area contributed by atoms with Gasteiger partial charge in [0.15, 0.2) is 18.1 Å². The van der Waals surface area contributed by atoms with Gasteiger partial charge in [-0.15, -0.1) is 0 Å². The van der Waals surface area contributed by atoms with Gasteiger partial charge in [-0.25, -0.2) is 0 Å². The number of hydrogen-bond acceptors (Lipinski definition) is 6. The van der Waals surface area contributed by atoms with Crippen molar-refractivity contribution in [2.75, 3.05) is 13.2 Å². The molecule has 3 rings (SSSR count). The number of carbonyl (C=O) groups excluding carboxylic acids is 3. The zero-order chi connectivity index (χ0) is 22.5. The standard InChI is InChI=1S/C21H18Cl2N2O5S/c1-2-29-17-8-12(6-7-16(17)30-11-19(24)26)9-18-20(27)25(21(28)31-18)10-13-14(22)4-3-5-15(13)23/h3-9H,2,10-11H2,1H3,(H2,24,26)/b18-9-. The number of ether oxygens (including phenoxy) is 2. The van der Waals surface area contributed by atoms with E-state index in [2.05, 4.69) is 0 Å². The minimum Gasteiger partial charge on any atom is -0.490 e. The molecular weight excluding hydrogens is 463 g/mol. The van der Waals surface area contributed by atoms with Gasteiger partial charge in [0, 0.05) is 15.6 Å². The number of halogens is 2. The molecule has 1 fully saturated rings. The summed E-state index contributed by atoms with van der Waals surface area (Å²) in [6.07, 6.45) is 1.58. The lowest BCUT2D eigenvalue weighted by Gasteiger charge is -2.14. The van der Waals surface area contributed by atoms with Crippen LogP contribution in [0.2, 0.25) is 10.0 Å². The maximum absolute atomic E-state index is 12.8. The quantitative estimate of drug-likeness (QED) is 0.558. The molecule has 3 amide bonds. The van der Waals surface area contributed by atoms with Gasteiger partial charge < -0.3 is 15.2 Å². The van der Waals surface area contributed by atoms with E-state index in [9.17, 15) is 14.4 Å². The van der Waals surface area contributed by atoms with Crippen molar-refractivity contribution in [3.8, 4) is 11.5 Å². The molecule has 1 aliphatic heterocycles. The highest BCUT2D eigenvalue weighted by atomic mass is 35.5. The first-order valence-electron chi connectivity index (χ1n) is 9.16. The van der Waals surface area contributed by atoms with Crippen LogP contribution in [-0.4, -0.2) is 35.2 Å². The number of primary amides is 1. The van der Waals surface area contributed by atoms with Gasteiger partial charge >= 0.3 is 0 Å². The molecule has 2 aromatic carbocycles. The minimum atomic E-state index is -0.612. The highest BCUT2D eigenvalue weighted by Gasteiger charge is 2.35. The second-order valence-electron chi connectivity index (χ2n) is 6.36. The van der Waals surface area contributed by atoms with Crippen LogP contribution in [0.1, 0.15) is 18.1 Å². The highest BCUT2D eigenvalue weighted by Crippen LogP contribution is 2.37. The summed E-state index contributed by atoms with van der Waals surface area (Å²) in [6.45, 7) is 1.86. The molecule has 2 aromatic rings. The van der Waals surface area contributed by atoms with E-state index in [1.807, 2.05) is 0 Å².